The van der Waals surface area contributed by atoms with E-state index in [9.17, 15) is 9.59 Å². The zero-order valence-corrected chi connectivity index (χ0v) is 18.4. The number of allylic oxidation sites excluding steroid dienone is 1. The Morgan fingerprint density at radius 2 is 2.10 bits per heavy atom. The van der Waals surface area contributed by atoms with E-state index in [2.05, 4.69) is 11.6 Å². The number of hydrogen-bond donors (Lipinski definition) is 0. The van der Waals surface area contributed by atoms with Crippen molar-refractivity contribution in [2.45, 2.75) is 13.0 Å². The topological polar surface area (TPSA) is 60.7 Å². The number of halogens is 1. The van der Waals surface area contributed by atoms with Gasteiger partial charge in [0.25, 0.3) is 5.56 Å². The molecule has 0 N–H and O–H groups in total. The Bertz CT molecular complexity index is 1320. The number of aromatic nitrogens is 1. The highest BCUT2D eigenvalue weighted by Crippen LogP contribution is 2.33. The van der Waals surface area contributed by atoms with Crippen LogP contribution in [-0.4, -0.2) is 17.1 Å². The molecule has 0 bridgehead atoms. The first-order chi connectivity index (χ1) is 14.5. The van der Waals surface area contributed by atoms with Crippen LogP contribution in [0.2, 0.25) is 5.02 Å². The number of benzene rings is 1. The molecule has 1 aliphatic heterocycles. The number of carbonyl (C=O) groups excluding carboxylic acids is 1. The van der Waals surface area contributed by atoms with E-state index in [1.165, 1.54) is 28.7 Å². The average molecular weight is 457 g/mol. The molecule has 1 unspecified atom stereocenters. The Morgan fingerprint density at radius 1 is 1.33 bits per heavy atom. The predicted molar refractivity (Wildman–Crippen MR) is 121 cm³/mol. The number of thiophene rings is 1. The highest BCUT2D eigenvalue weighted by molar-refractivity contribution is 7.10. The molecule has 152 valence electrons. The van der Waals surface area contributed by atoms with Gasteiger partial charge in [0.2, 0.25) is 0 Å². The molecule has 30 heavy (non-hydrogen) atoms. The van der Waals surface area contributed by atoms with Crippen molar-refractivity contribution < 1.29 is 9.53 Å². The van der Waals surface area contributed by atoms with Crippen LogP contribution in [0.15, 0.2) is 75.5 Å². The number of thiazole rings is 1. The van der Waals surface area contributed by atoms with Gasteiger partial charge in [0.1, 0.15) is 12.6 Å². The fourth-order valence-corrected chi connectivity index (χ4v) is 5.22. The summed E-state index contributed by atoms with van der Waals surface area (Å²) in [5.41, 5.74) is 1.57. The second-order valence-electron chi connectivity index (χ2n) is 6.54. The average Bonchev–Trinajstić information content (AvgIpc) is 3.36. The molecule has 0 aliphatic carbocycles. The smallest absolute Gasteiger partial charge is 0.338 e. The van der Waals surface area contributed by atoms with E-state index in [0.717, 1.165) is 10.4 Å². The molecule has 1 aliphatic rings. The lowest BCUT2D eigenvalue weighted by Crippen LogP contribution is -2.39. The van der Waals surface area contributed by atoms with E-state index in [4.69, 9.17) is 16.3 Å². The van der Waals surface area contributed by atoms with Gasteiger partial charge in [-0.15, -0.1) is 11.3 Å². The van der Waals surface area contributed by atoms with Gasteiger partial charge in [-0.2, -0.15) is 0 Å². The van der Waals surface area contributed by atoms with Crippen LogP contribution in [0.5, 0.6) is 0 Å². The first-order valence-electron chi connectivity index (χ1n) is 9.09. The van der Waals surface area contributed by atoms with E-state index in [0.29, 0.717) is 25.6 Å². The van der Waals surface area contributed by atoms with Crippen LogP contribution in [0.1, 0.15) is 23.4 Å². The van der Waals surface area contributed by atoms with Gasteiger partial charge in [-0.1, -0.05) is 53.8 Å². The minimum absolute atomic E-state index is 0.0910. The SMILES string of the molecule is C=CCOC(=O)C1=C(C)N=c2s/c(=C\c3ccc(Cl)cc3)c(=O)n2C1c1cccs1. The number of nitrogens with zero attached hydrogens (tertiary/aromatic N) is 2. The van der Waals surface area contributed by atoms with Crippen molar-refractivity contribution in [2.75, 3.05) is 6.61 Å². The molecule has 3 heterocycles. The standard InChI is InChI=1S/C22H17ClN2O3S2/c1-3-10-28-21(27)18-13(2)24-22-25(19(18)16-5-4-11-29-16)20(26)17(30-22)12-14-6-8-15(23)9-7-14/h3-9,11-12,19H,1,10H2,2H3/b17-12-. The zero-order chi connectivity index (χ0) is 21.3. The molecule has 5 nitrogen and oxygen atoms in total. The van der Waals surface area contributed by atoms with Crippen molar-refractivity contribution in [1.82, 2.24) is 4.57 Å². The molecule has 1 atom stereocenters. The molecule has 2 aromatic heterocycles. The van der Waals surface area contributed by atoms with Crippen LogP contribution in [0.25, 0.3) is 6.08 Å². The molecule has 3 aromatic rings. The molecule has 8 heteroatoms. The van der Waals surface area contributed by atoms with E-state index in [1.54, 1.807) is 29.7 Å². The second-order valence-corrected chi connectivity index (χ2v) is 8.96. The number of rotatable bonds is 5. The minimum Gasteiger partial charge on any atom is -0.458 e. The number of fused-ring (bicyclic) bond motifs is 1. The number of ether oxygens (including phenoxy) is 1. The highest BCUT2D eigenvalue weighted by Gasteiger charge is 2.33. The lowest BCUT2D eigenvalue weighted by atomic mass is 10.0. The normalized spacial score (nSPS) is 16.2. The molecule has 0 fully saturated rings. The van der Waals surface area contributed by atoms with Crippen molar-refractivity contribution >= 4 is 46.3 Å². The largest absolute Gasteiger partial charge is 0.458 e. The molecule has 0 spiro atoms. The van der Waals surface area contributed by atoms with Crippen LogP contribution in [0, 0.1) is 0 Å². The van der Waals surface area contributed by atoms with Gasteiger partial charge >= 0.3 is 5.97 Å². The maximum Gasteiger partial charge on any atom is 0.338 e. The zero-order valence-electron chi connectivity index (χ0n) is 16.0. The molecule has 4 rings (SSSR count). The molecular formula is C22H17ClN2O3S2. The van der Waals surface area contributed by atoms with Crippen LogP contribution >= 0.6 is 34.3 Å². The molecule has 0 saturated heterocycles. The third-order valence-corrected chi connectivity index (χ3v) is 6.71. The second kappa shape index (κ2) is 8.55. The van der Waals surface area contributed by atoms with Crippen molar-refractivity contribution in [1.29, 1.82) is 0 Å². The molecule has 0 saturated carbocycles. The summed E-state index contributed by atoms with van der Waals surface area (Å²) in [7, 11) is 0. The van der Waals surface area contributed by atoms with Gasteiger partial charge in [-0.05, 0) is 42.1 Å². The Balaban J connectivity index is 1.90. The quantitative estimate of drug-likeness (QED) is 0.434. The first-order valence-corrected chi connectivity index (χ1v) is 11.2. The summed E-state index contributed by atoms with van der Waals surface area (Å²) < 4.78 is 7.41. The third kappa shape index (κ3) is 3.84. The maximum atomic E-state index is 13.3. The Hall–Kier alpha value is -2.74. The molecule has 1 aromatic carbocycles. The molecule has 0 amide bonds. The lowest BCUT2D eigenvalue weighted by Gasteiger charge is -2.23. The summed E-state index contributed by atoms with van der Waals surface area (Å²) >= 11 is 8.73. The van der Waals surface area contributed by atoms with E-state index in [-0.39, 0.29) is 12.2 Å². The summed E-state index contributed by atoms with van der Waals surface area (Å²) in [6.45, 7) is 5.44. The number of carbonyl (C=O) groups is 1. The van der Waals surface area contributed by atoms with Crippen molar-refractivity contribution in [3.8, 4) is 0 Å². The van der Waals surface area contributed by atoms with E-state index >= 15 is 0 Å². The lowest BCUT2D eigenvalue weighted by molar-refractivity contribution is -0.138. The van der Waals surface area contributed by atoms with E-state index < -0.39 is 12.0 Å². The summed E-state index contributed by atoms with van der Waals surface area (Å²) in [5, 5.41) is 2.55. The summed E-state index contributed by atoms with van der Waals surface area (Å²) in [4.78, 5) is 32.1. The van der Waals surface area contributed by atoms with Gasteiger partial charge in [-0.3, -0.25) is 9.36 Å². The summed E-state index contributed by atoms with van der Waals surface area (Å²) in [6.07, 6.45) is 3.32. The summed E-state index contributed by atoms with van der Waals surface area (Å²) in [6, 6.07) is 10.5. The predicted octanol–water partition coefficient (Wildman–Crippen LogP) is 3.68. The van der Waals surface area contributed by atoms with Gasteiger partial charge in [0.15, 0.2) is 4.80 Å². The van der Waals surface area contributed by atoms with Gasteiger partial charge in [-0.25, -0.2) is 9.79 Å². The van der Waals surface area contributed by atoms with Crippen molar-refractivity contribution in [3.05, 3.63) is 101 Å². The van der Waals surface area contributed by atoms with Crippen LogP contribution in [0.3, 0.4) is 0 Å². The fourth-order valence-electron chi connectivity index (χ4n) is 3.22. The Morgan fingerprint density at radius 3 is 2.77 bits per heavy atom. The monoisotopic (exact) mass is 456 g/mol. The molecular weight excluding hydrogens is 440 g/mol. The molecule has 0 radical (unpaired) electrons. The fraction of sp³-hybridized carbons (Fsp3) is 0.136. The first kappa shape index (κ1) is 20.5. The van der Waals surface area contributed by atoms with Gasteiger partial charge < -0.3 is 4.74 Å². The minimum atomic E-state index is -0.578. The van der Waals surface area contributed by atoms with Crippen LogP contribution < -0.4 is 14.9 Å². The Kier molecular flexibility index (Phi) is 5.85. The number of hydrogen-bond acceptors (Lipinski definition) is 6. The maximum absolute atomic E-state index is 13.3. The van der Waals surface area contributed by atoms with Crippen LogP contribution in [0.4, 0.5) is 0 Å². The van der Waals surface area contributed by atoms with Gasteiger partial charge in [0, 0.05) is 9.90 Å². The van der Waals surface area contributed by atoms with Crippen molar-refractivity contribution in [2.24, 2.45) is 4.99 Å². The van der Waals surface area contributed by atoms with Gasteiger partial charge in [0.05, 0.1) is 15.8 Å². The van der Waals surface area contributed by atoms with Crippen LogP contribution in [-0.2, 0) is 9.53 Å². The summed E-state index contributed by atoms with van der Waals surface area (Å²) in [5.74, 6) is -0.499. The highest BCUT2D eigenvalue weighted by atomic mass is 35.5. The van der Waals surface area contributed by atoms with E-state index in [1.807, 2.05) is 29.6 Å². The number of esters is 1. The third-order valence-electron chi connectivity index (χ3n) is 4.55. The Labute approximate surface area is 185 Å². The van der Waals surface area contributed by atoms with Crippen molar-refractivity contribution in [3.63, 3.8) is 0 Å².